The fourth-order valence-corrected chi connectivity index (χ4v) is 5.59. The van der Waals surface area contributed by atoms with Gasteiger partial charge in [-0.3, -0.25) is 24.2 Å². The molecule has 1 fully saturated rings. The largest absolute Gasteiger partial charge is 0.480 e. The van der Waals surface area contributed by atoms with Crippen LogP contribution in [0.2, 0.25) is 0 Å². The summed E-state index contributed by atoms with van der Waals surface area (Å²) in [6.45, 7) is 1.29. The Hall–Kier alpha value is -3.09. The van der Waals surface area contributed by atoms with E-state index in [4.69, 9.17) is 11.5 Å². The molecular formula is C20H32N6O6S. The Labute approximate surface area is 192 Å². The molecule has 1 aliphatic carbocycles. The maximum Gasteiger partial charge on any atom is 0.326 e. The Morgan fingerprint density at radius 1 is 1.30 bits per heavy atom. The van der Waals surface area contributed by atoms with Gasteiger partial charge < -0.3 is 21.6 Å². The molecule has 1 amide bonds. The molecule has 2 rings (SSSR count). The van der Waals surface area contributed by atoms with Crippen molar-refractivity contribution >= 4 is 39.2 Å². The molecule has 1 heterocycles. The number of carboxylic acid groups (broad SMARTS) is 1. The maximum atomic E-state index is 12.8. The van der Waals surface area contributed by atoms with Gasteiger partial charge in [-0.1, -0.05) is 19.3 Å². The molecule has 0 radical (unpaired) electrons. The Morgan fingerprint density at radius 2 is 1.97 bits per heavy atom. The van der Waals surface area contributed by atoms with Crippen molar-refractivity contribution in [3.63, 3.8) is 0 Å². The van der Waals surface area contributed by atoms with Crippen LogP contribution in [0.3, 0.4) is 0 Å². The first kappa shape index (κ1) is 26.2. The van der Waals surface area contributed by atoms with Gasteiger partial charge in [0.15, 0.2) is 5.96 Å². The summed E-state index contributed by atoms with van der Waals surface area (Å²) in [5, 5.41) is 9.77. The van der Waals surface area contributed by atoms with E-state index in [-0.39, 0.29) is 48.4 Å². The summed E-state index contributed by atoms with van der Waals surface area (Å²) in [4.78, 5) is 44.1. The number of aromatic nitrogens is 1. The van der Waals surface area contributed by atoms with Crippen molar-refractivity contribution < 1.29 is 23.1 Å². The van der Waals surface area contributed by atoms with Crippen molar-refractivity contribution in [3.05, 3.63) is 22.6 Å². The van der Waals surface area contributed by atoms with Crippen LogP contribution in [0, 0.1) is 5.92 Å². The Bertz CT molecular complexity index is 1030. The number of sulfonamides is 1. The highest BCUT2D eigenvalue weighted by molar-refractivity contribution is 7.92. The number of nitrogens with zero attached hydrogens (tertiary/aromatic N) is 2. The zero-order chi connectivity index (χ0) is 24.6. The van der Waals surface area contributed by atoms with Crippen LogP contribution in [-0.2, 0) is 19.6 Å². The molecule has 184 valence electrons. The van der Waals surface area contributed by atoms with Crippen LogP contribution in [0.25, 0.3) is 0 Å². The number of carbonyl (C=O) groups is 2. The summed E-state index contributed by atoms with van der Waals surface area (Å²) in [5.74, 6) is -2.29. The summed E-state index contributed by atoms with van der Waals surface area (Å²) in [6.07, 6.45) is 6.00. The number of nitrogens with one attached hydrogen (secondary N) is 2. The van der Waals surface area contributed by atoms with E-state index in [0.717, 1.165) is 43.9 Å². The number of amides is 1. The van der Waals surface area contributed by atoms with Crippen LogP contribution in [0.1, 0.15) is 51.9 Å². The van der Waals surface area contributed by atoms with Crippen molar-refractivity contribution in [3.8, 4) is 0 Å². The van der Waals surface area contributed by atoms with Crippen molar-refractivity contribution in [2.45, 2.75) is 57.9 Å². The molecule has 12 nitrogen and oxygen atoms in total. The molecule has 0 aromatic carbocycles. The molecule has 1 atom stereocenters. The fraction of sp³-hybridized carbons (Fsp3) is 0.600. The number of hydrogen-bond acceptors (Lipinski definition) is 6. The molecule has 0 bridgehead atoms. The van der Waals surface area contributed by atoms with E-state index in [1.165, 1.54) is 12.3 Å². The number of hydrogen-bond donors (Lipinski definition) is 5. The number of nitrogens with two attached hydrogens (primary N) is 2. The number of aromatic amines is 1. The first-order chi connectivity index (χ1) is 15.5. The molecule has 13 heteroatoms. The lowest BCUT2D eigenvalue weighted by Gasteiger charge is -2.29. The minimum atomic E-state index is -3.92. The second-order valence-corrected chi connectivity index (χ2v) is 9.91. The maximum absolute atomic E-state index is 12.8. The monoisotopic (exact) mass is 484 g/mol. The zero-order valence-corrected chi connectivity index (χ0v) is 19.4. The first-order valence-corrected chi connectivity index (χ1v) is 12.5. The predicted molar refractivity (Wildman–Crippen MR) is 126 cm³/mol. The van der Waals surface area contributed by atoms with Gasteiger partial charge in [-0.2, -0.15) is 0 Å². The summed E-state index contributed by atoms with van der Waals surface area (Å²) in [5.41, 5.74) is 9.24. The lowest BCUT2D eigenvalue weighted by atomic mass is 9.91. The van der Waals surface area contributed by atoms with Crippen LogP contribution in [0.5, 0.6) is 0 Å². The molecule has 0 unspecified atom stereocenters. The molecule has 1 aromatic rings. The Kier molecular flexibility index (Phi) is 9.26. The van der Waals surface area contributed by atoms with E-state index < -0.39 is 33.5 Å². The minimum absolute atomic E-state index is 0.0197. The number of carbonyl (C=O) groups excluding carboxylic acids is 1. The van der Waals surface area contributed by atoms with Gasteiger partial charge in [-0.05, 0) is 37.7 Å². The number of aliphatic imine (C=N–C) groups is 1. The number of rotatable bonds is 11. The molecule has 0 aliphatic heterocycles. The van der Waals surface area contributed by atoms with Gasteiger partial charge in [-0.25, -0.2) is 13.2 Å². The zero-order valence-electron chi connectivity index (χ0n) is 18.6. The quantitative estimate of drug-likeness (QED) is 0.170. The topological polar surface area (TPSA) is 201 Å². The van der Waals surface area contributed by atoms with Gasteiger partial charge in [0.25, 0.3) is 5.56 Å². The number of pyridine rings is 1. The van der Waals surface area contributed by atoms with E-state index in [9.17, 15) is 27.9 Å². The van der Waals surface area contributed by atoms with E-state index in [0.29, 0.717) is 0 Å². The van der Waals surface area contributed by atoms with Crippen LogP contribution >= 0.6 is 0 Å². The van der Waals surface area contributed by atoms with Gasteiger partial charge in [0, 0.05) is 19.7 Å². The third-order valence-electron chi connectivity index (χ3n) is 5.50. The van der Waals surface area contributed by atoms with Gasteiger partial charge in [0.05, 0.1) is 11.4 Å². The SMILES string of the molecule is CC(=O)N(c1cc[nH]c(=O)c1NS(=O)(=O)CC1CCCCC1)[C@@H](CCCN=C(N)N)C(=O)O. The molecular weight excluding hydrogens is 452 g/mol. The third-order valence-corrected chi connectivity index (χ3v) is 6.93. The third kappa shape index (κ3) is 7.77. The number of anilines is 2. The summed E-state index contributed by atoms with van der Waals surface area (Å²) >= 11 is 0. The first-order valence-electron chi connectivity index (χ1n) is 10.8. The number of aliphatic carboxylic acids is 1. The molecule has 1 aromatic heterocycles. The normalized spacial score (nSPS) is 15.4. The molecule has 1 aliphatic rings. The molecule has 1 saturated carbocycles. The van der Waals surface area contributed by atoms with Crippen molar-refractivity contribution in [2.24, 2.45) is 22.4 Å². The molecule has 0 saturated heterocycles. The highest BCUT2D eigenvalue weighted by Crippen LogP contribution is 2.29. The summed E-state index contributed by atoms with van der Waals surface area (Å²) in [7, 11) is -3.92. The second kappa shape index (κ2) is 11.7. The van der Waals surface area contributed by atoms with E-state index in [1.54, 1.807) is 0 Å². The number of H-pyrrole nitrogens is 1. The van der Waals surface area contributed by atoms with Gasteiger partial charge in [-0.15, -0.1) is 0 Å². The highest BCUT2D eigenvalue weighted by Gasteiger charge is 2.32. The lowest BCUT2D eigenvalue weighted by Crippen LogP contribution is -2.45. The van der Waals surface area contributed by atoms with Crippen molar-refractivity contribution in [1.29, 1.82) is 0 Å². The van der Waals surface area contributed by atoms with Gasteiger partial charge >= 0.3 is 5.97 Å². The van der Waals surface area contributed by atoms with Crippen molar-refractivity contribution in [2.75, 3.05) is 21.9 Å². The van der Waals surface area contributed by atoms with Crippen molar-refractivity contribution in [1.82, 2.24) is 4.98 Å². The lowest BCUT2D eigenvalue weighted by molar-refractivity contribution is -0.140. The van der Waals surface area contributed by atoms with E-state index in [2.05, 4.69) is 14.7 Å². The average molecular weight is 485 g/mol. The van der Waals surface area contributed by atoms with Gasteiger partial charge in [0.2, 0.25) is 15.9 Å². The standard InChI is InChI=1S/C20H32N6O6S/c1-13(27)26(16(19(29)30)8-5-10-24-20(21)22)15-9-11-23-18(28)17(15)25-33(31,32)12-14-6-3-2-4-7-14/h9,11,14,16,25H,2-8,10,12H2,1H3,(H,23,28)(H,29,30)(H4,21,22,24)/t16-/m0/s1. The molecule has 7 N–H and O–H groups in total. The van der Waals surface area contributed by atoms with Crippen LogP contribution < -0.4 is 26.6 Å². The van der Waals surface area contributed by atoms with E-state index in [1.807, 2.05) is 0 Å². The van der Waals surface area contributed by atoms with Gasteiger partial charge in [0.1, 0.15) is 11.7 Å². The average Bonchev–Trinajstić information content (AvgIpc) is 2.72. The van der Waals surface area contributed by atoms with Crippen LogP contribution in [0.15, 0.2) is 22.1 Å². The summed E-state index contributed by atoms with van der Waals surface area (Å²) < 4.78 is 27.9. The Balaban J connectivity index is 2.36. The number of carboxylic acids is 1. The highest BCUT2D eigenvalue weighted by atomic mass is 32.2. The Morgan fingerprint density at radius 3 is 2.55 bits per heavy atom. The molecule has 0 spiro atoms. The van der Waals surface area contributed by atoms with E-state index >= 15 is 0 Å². The molecule has 33 heavy (non-hydrogen) atoms. The summed E-state index contributed by atoms with van der Waals surface area (Å²) in [6, 6.07) is -0.0622. The fourth-order valence-electron chi connectivity index (χ4n) is 4.04. The minimum Gasteiger partial charge on any atom is -0.480 e. The van der Waals surface area contributed by atoms with Crippen LogP contribution in [0.4, 0.5) is 11.4 Å². The predicted octanol–water partition coefficient (Wildman–Crippen LogP) is 0.557. The second-order valence-electron chi connectivity index (χ2n) is 8.15. The van der Waals surface area contributed by atoms with Crippen LogP contribution in [-0.4, -0.2) is 54.7 Å². The number of guanidine groups is 1. The smallest absolute Gasteiger partial charge is 0.326 e.